The number of carboxylic acid groups (broad SMARTS) is 1. The van der Waals surface area contributed by atoms with Crippen LogP contribution >= 0.6 is 0 Å². The molecule has 3 unspecified atom stereocenters. The monoisotopic (exact) mass is 481 g/mol. The van der Waals surface area contributed by atoms with E-state index in [0.717, 1.165) is 5.56 Å². The summed E-state index contributed by atoms with van der Waals surface area (Å²) in [7, 11) is 3.24. The molecule has 9 heteroatoms. The molecule has 1 aromatic heterocycles. The van der Waals surface area contributed by atoms with Gasteiger partial charge in [0, 0.05) is 42.2 Å². The molecule has 35 heavy (non-hydrogen) atoms. The SMILES string of the molecule is COC(=O)C1=C(C)NC(C)C(CCN(C)Cc2cccnc2)(C(=O)O)C1c1cccc2c1OCO2. The van der Waals surface area contributed by atoms with Gasteiger partial charge in [-0.2, -0.15) is 0 Å². The lowest BCUT2D eigenvalue weighted by atomic mass is 9.60. The second-order valence-electron chi connectivity index (χ2n) is 9.10. The van der Waals surface area contributed by atoms with E-state index < -0.39 is 29.3 Å². The molecule has 186 valence electrons. The first-order valence-electron chi connectivity index (χ1n) is 11.5. The highest BCUT2D eigenvalue weighted by Crippen LogP contribution is 2.54. The molecule has 2 N–H and O–H groups in total. The van der Waals surface area contributed by atoms with Crippen molar-refractivity contribution in [3.05, 3.63) is 65.1 Å². The fourth-order valence-electron chi connectivity index (χ4n) is 5.28. The number of nitrogens with zero attached hydrogens (tertiary/aromatic N) is 2. The molecule has 4 rings (SSSR count). The molecule has 9 nitrogen and oxygen atoms in total. The molecule has 0 aliphatic carbocycles. The number of esters is 1. The number of carboxylic acids is 1. The number of rotatable bonds is 8. The molecule has 1 aromatic carbocycles. The Morgan fingerprint density at radius 2 is 2.09 bits per heavy atom. The minimum absolute atomic E-state index is 0.0387. The van der Waals surface area contributed by atoms with E-state index >= 15 is 0 Å². The lowest BCUT2D eigenvalue weighted by Crippen LogP contribution is -2.57. The second kappa shape index (κ2) is 9.95. The number of hydrogen-bond donors (Lipinski definition) is 2. The Bertz CT molecular complexity index is 1140. The van der Waals surface area contributed by atoms with Gasteiger partial charge in [0.25, 0.3) is 0 Å². The van der Waals surface area contributed by atoms with Crippen molar-refractivity contribution in [2.24, 2.45) is 5.41 Å². The van der Waals surface area contributed by atoms with Crippen LogP contribution < -0.4 is 14.8 Å². The number of carbonyl (C=O) groups excluding carboxylic acids is 1. The third-order valence-corrected chi connectivity index (χ3v) is 7.04. The summed E-state index contributed by atoms with van der Waals surface area (Å²) in [5.74, 6) is -1.38. The van der Waals surface area contributed by atoms with Gasteiger partial charge in [0.15, 0.2) is 11.5 Å². The van der Waals surface area contributed by atoms with Crippen LogP contribution in [-0.2, 0) is 20.9 Å². The maximum atomic E-state index is 13.2. The third-order valence-electron chi connectivity index (χ3n) is 7.04. The van der Waals surface area contributed by atoms with Crippen LogP contribution in [0.3, 0.4) is 0 Å². The molecule has 2 aromatic rings. The highest BCUT2D eigenvalue weighted by molar-refractivity contribution is 5.94. The number of ether oxygens (including phenoxy) is 3. The lowest BCUT2D eigenvalue weighted by molar-refractivity contribution is -0.154. The number of nitrogens with one attached hydrogen (secondary N) is 1. The van der Waals surface area contributed by atoms with E-state index in [9.17, 15) is 14.7 Å². The van der Waals surface area contributed by atoms with Crippen molar-refractivity contribution in [3.8, 4) is 11.5 Å². The second-order valence-corrected chi connectivity index (χ2v) is 9.10. The average molecular weight is 482 g/mol. The average Bonchev–Trinajstić information content (AvgIpc) is 3.32. The van der Waals surface area contributed by atoms with Crippen LogP contribution in [0, 0.1) is 5.41 Å². The maximum absolute atomic E-state index is 13.2. The topological polar surface area (TPSA) is 110 Å². The Balaban J connectivity index is 1.79. The van der Waals surface area contributed by atoms with Gasteiger partial charge < -0.3 is 29.5 Å². The van der Waals surface area contributed by atoms with E-state index in [1.807, 2.05) is 32.2 Å². The zero-order valence-electron chi connectivity index (χ0n) is 20.4. The Kier molecular flexibility index (Phi) is 6.98. The predicted molar refractivity (Wildman–Crippen MR) is 128 cm³/mol. The smallest absolute Gasteiger partial charge is 0.336 e. The number of hydrogen-bond acceptors (Lipinski definition) is 8. The van der Waals surface area contributed by atoms with Gasteiger partial charge in [-0.1, -0.05) is 18.2 Å². The minimum Gasteiger partial charge on any atom is -0.481 e. The Hall–Kier alpha value is -3.59. The number of methoxy groups -OCH3 is 1. The zero-order chi connectivity index (χ0) is 25.2. The van der Waals surface area contributed by atoms with Crippen molar-refractivity contribution in [1.29, 1.82) is 0 Å². The number of pyridine rings is 1. The molecule has 0 saturated heterocycles. The van der Waals surface area contributed by atoms with E-state index in [-0.39, 0.29) is 18.8 Å². The highest BCUT2D eigenvalue weighted by Gasteiger charge is 2.57. The lowest BCUT2D eigenvalue weighted by Gasteiger charge is -2.47. The molecule has 3 atom stereocenters. The molecule has 2 aliphatic rings. The molecule has 0 radical (unpaired) electrons. The van der Waals surface area contributed by atoms with Crippen LogP contribution in [0.15, 0.2) is 54.0 Å². The molecule has 3 heterocycles. The molecule has 0 bridgehead atoms. The van der Waals surface area contributed by atoms with Crippen molar-refractivity contribution >= 4 is 11.9 Å². The van der Waals surface area contributed by atoms with Gasteiger partial charge in [0.05, 0.1) is 12.7 Å². The van der Waals surface area contributed by atoms with Gasteiger partial charge in [0.1, 0.15) is 5.41 Å². The number of fused-ring (bicyclic) bond motifs is 1. The van der Waals surface area contributed by atoms with Crippen molar-refractivity contribution in [2.45, 2.75) is 38.8 Å². The molecule has 0 spiro atoms. The molecule has 2 aliphatic heterocycles. The van der Waals surface area contributed by atoms with Gasteiger partial charge in [-0.25, -0.2) is 4.79 Å². The Morgan fingerprint density at radius 1 is 1.29 bits per heavy atom. The number of para-hydroxylation sites is 1. The molecule has 0 fully saturated rings. The Labute approximate surface area is 204 Å². The normalized spacial score (nSPS) is 23.2. The van der Waals surface area contributed by atoms with Crippen LogP contribution in [-0.4, -0.2) is 60.5 Å². The van der Waals surface area contributed by atoms with Crippen molar-refractivity contribution in [1.82, 2.24) is 15.2 Å². The van der Waals surface area contributed by atoms with Crippen LogP contribution in [0.5, 0.6) is 11.5 Å². The van der Waals surface area contributed by atoms with Gasteiger partial charge in [0.2, 0.25) is 6.79 Å². The van der Waals surface area contributed by atoms with Crippen LogP contribution in [0.1, 0.15) is 37.3 Å². The summed E-state index contributed by atoms with van der Waals surface area (Å²) in [6.45, 7) is 4.75. The summed E-state index contributed by atoms with van der Waals surface area (Å²) in [5, 5.41) is 14.0. The van der Waals surface area contributed by atoms with Crippen molar-refractivity contribution < 1.29 is 28.9 Å². The van der Waals surface area contributed by atoms with Crippen molar-refractivity contribution in [2.75, 3.05) is 27.5 Å². The maximum Gasteiger partial charge on any atom is 0.336 e. The summed E-state index contributed by atoms with van der Waals surface area (Å²) < 4.78 is 16.5. The first-order chi connectivity index (χ1) is 16.8. The van der Waals surface area contributed by atoms with E-state index in [4.69, 9.17) is 14.2 Å². The van der Waals surface area contributed by atoms with Crippen LogP contribution in [0.2, 0.25) is 0 Å². The molecule has 0 saturated carbocycles. The quantitative estimate of drug-likeness (QED) is 0.550. The van der Waals surface area contributed by atoms with E-state index in [1.165, 1.54) is 7.11 Å². The van der Waals surface area contributed by atoms with Gasteiger partial charge in [-0.15, -0.1) is 0 Å². The van der Waals surface area contributed by atoms with Gasteiger partial charge in [-0.05, 0) is 51.6 Å². The van der Waals surface area contributed by atoms with Gasteiger partial charge >= 0.3 is 11.9 Å². The molecular weight excluding hydrogens is 450 g/mol. The number of carbonyl (C=O) groups is 2. The zero-order valence-corrected chi connectivity index (χ0v) is 20.4. The van der Waals surface area contributed by atoms with Gasteiger partial charge in [-0.3, -0.25) is 9.78 Å². The summed E-state index contributed by atoms with van der Waals surface area (Å²) in [6.07, 6.45) is 3.79. The fourth-order valence-corrected chi connectivity index (χ4v) is 5.28. The van der Waals surface area contributed by atoms with E-state index in [1.54, 1.807) is 31.5 Å². The van der Waals surface area contributed by atoms with Crippen LogP contribution in [0.25, 0.3) is 0 Å². The van der Waals surface area contributed by atoms with Crippen molar-refractivity contribution in [3.63, 3.8) is 0 Å². The third kappa shape index (κ3) is 4.43. The summed E-state index contributed by atoms with van der Waals surface area (Å²) in [6, 6.07) is 8.75. The standard InChI is InChI=1S/C26H31N3O6/c1-16-21(24(30)33-4)22(19-8-5-9-20-23(19)35-15-34-20)26(25(31)32,17(2)28-16)10-12-29(3)14-18-7-6-11-27-13-18/h5-9,11,13,17,22,28H,10,12,14-15H2,1-4H3,(H,31,32). The summed E-state index contributed by atoms with van der Waals surface area (Å²) in [4.78, 5) is 32.5. The first kappa shape index (κ1) is 24.5. The minimum atomic E-state index is -1.37. The van der Waals surface area contributed by atoms with Crippen LogP contribution in [0.4, 0.5) is 0 Å². The first-order valence-corrected chi connectivity index (χ1v) is 11.5. The molecule has 0 amide bonds. The highest BCUT2D eigenvalue weighted by atomic mass is 16.7. The molecular formula is C26H31N3O6. The number of aromatic nitrogens is 1. The fraction of sp³-hybridized carbons (Fsp3) is 0.423. The largest absolute Gasteiger partial charge is 0.481 e. The summed E-state index contributed by atoms with van der Waals surface area (Å²) in [5.41, 5.74) is 1.14. The summed E-state index contributed by atoms with van der Waals surface area (Å²) >= 11 is 0. The van der Waals surface area contributed by atoms with E-state index in [0.29, 0.717) is 35.8 Å². The number of allylic oxidation sites excluding steroid dienone is 1. The van der Waals surface area contributed by atoms with E-state index in [2.05, 4.69) is 15.2 Å². The number of aliphatic carboxylic acids is 1. The Morgan fingerprint density at radius 3 is 2.77 bits per heavy atom. The predicted octanol–water partition coefficient (Wildman–Crippen LogP) is 2.93. The number of benzene rings is 1.